The highest BCUT2D eigenvalue weighted by atomic mass is 19.3. The van der Waals surface area contributed by atoms with Crippen molar-refractivity contribution in [1.82, 2.24) is 10.2 Å². The van der Waals surface area contributed by atoms with Crippen LogP contribution in [0.3, 0.4) is 0 Å². The zero-order valence-electron chi connectivity index (χ0n) is 10.9. The molecule has 2 unspecified atom stereocenters. The Morgan fingerprint density at radius 3 is 2.55 bits per heavy atom. The highest BCUT2D eigenvalue weighted by molar-refractivity contribution is 5.97. The third kappa shape index (κ3) is 2.47. The average molecular weight is 282 g/mol. The summed E-state index contributed by atoms with van der Waals surface area (Å²) >= 11 is 0. The molecule has 0 bridgehead atoms. The van der Waals surface area contributed by atoms with Gasteiger partial charge in [-0.3, -0.25) is 4.79 Å². The summed E-state index contributed by atoms with van der Waals surface area (Å²) in [5, 5.41) is 3.30. The maximum Gasteiger partial charge on any atom is 0.387 e. The summed E-state index contributed by atoms with van der Waals surface area (Å²) < 4.78 is 29.2. The highest BCUT2D eigenvalue weighted by Gasteiger charge is 2.38. The molecule has 2 saturated heterocycles. The van der Waals surface area contributed by atoms with E-state index in [0.29, 0.717) is 24.9 Å². The molecule has 2 aliphatic rings. The number of nitrogens with zero attached hydrogens (tertiary/aromatic N) is 1. The molecule has 108 valence electrons. The third-order valence-electron chi connectivity index (χ3n) is 4.01. The number of halogens is 2. The normalized spacial score (nSPS) is 25.1. The van der Waals surface area contributed by atoms with Crippen LogP contribution in [0.25, 0.3) is 0 Å². The van der Waals surface area contributed by atoms with Crippen LogP contribution < -0.4 is 10.1 Å². The fourth-order valence-corrected chi connectivity index (χ4v) is 3.03. The first-order valence-electron chi connectivity index (χ1n) is 6.69. The van der Waals surface area contributed by atoms with E-state index in [9.17, 15) is 13.6 Å². The Morgan fingerprint density at radius 2 is 1.90 bits per heavy atom. The van der Waals surface area contributed by atoms with Gasteiger partial charge in [0, 0.05) is 26.2 Å². The van der Waals surface area contributed by atoms with Crippen molar-refractivity contribution < 1.29 is 18.3 Å². The van der Waals surface area contributed by atoms with Gasteiger partial charge in [0.05, 0.1) is 5.56 Å². The lowest BCUT2D eigenvalue weighted by Gasteiger charge is -2.19. The zero-order valence-corrected chi connectivity index (χ0v) is 10.9. The van der Waals surface area contributed by atoms with Crippen molar-refractivity contribution in [2.24, 2.45) is 11.8 Å². The van der Waals surface area contributed by atoms with Gasteiger partial charge in [0.25, 0.3) is 5.91 Å². The Balaban J connectivity index is 1.77. The van der Waals surface area contributed by atoms with Gasteiger partial charge in [0.15, 0.2) is 0 Å². The number of ether oxygens (including phenoxy) is 1. The summed E-state index contributed by atoms with van der Waals surface area (Å²) in [6, 6.07) is 6.17. The molecule has 2 fully saturated rings. The number of para-hydroxylation sites is 1. The second-order valence-electron chi connectivity index (χ2n) is 5.26. The Morgan fingerprint density at radius 1 is 1.25 bits per heavy atom. The monoisotopic (exact) mass is 282 g/mol. The van der Waals surface area contributed by atoms with Crippen LogP contribution in [0, 0.1) is 11.8 Å². The van der Waals surface area contributed by atoms with Crippen molar-refractivity contribution >= 4 is 5.91 Å². The van der Waals surface area contributed by atoms with Gasteiger partial charge in [-0.1, -0.05) is 12.1 Å². The summed E-state index contributed by atoms with van der Waals surface area (Å²) in [5.74, 6) is 0.669. The first kappa shape index (κ1) is 13.3. The summed E-state index contributed by atoms with van der Waals surface area (Å²) in [7, 11) is 0. The minimum Gasteiger partial charge on any atom is -0.434 e. The van der Waals surface area contributed by atoms with Crippen molar-refractivity contribution in [3.05, 3.63) is 29.8 Å². The van der Waals surface area contributed by atoms with Gasteiger partial charge in [0.2, 0.25) is 0 Å². The van der Waals surface area contributed by atoms with E-state index >= 15 is 0 Å². The molecule has 1 aromatic rings. The first-order chi connectivity index (χ1) is 9.65. The van der Waals surface area contributed by atoms with E-state index in [4.69, 9.17) is 0 Å². The molecule has 0 saturated carbocycles. The number of carbonyl (C=O) groups excluding carboxylic acids is 1. The molecule has 6 heteroatoms. The molecule has 3 rings (SSSR count). The zero-order chi connectivity index (χ0) is 14.1. The maximum absolute atomic E-state index is 12.5. The van der Waals surface area contributed by atoms with E-state index < -0.39 is 6.61 Å². The van der Waals surface area contributed by atoms with Crippen LogP contribution >= 0.6 is 0 Å². The van der Waals surface area contributed by atoms with Crippen LogP contribution in [-0.4, -0.2) is 43.6 Å². The van der Waals surface area contributed by atoms with E-state index in [1.165, 1.54) is 12.1 Å². The van der Waals surface area contributed by atoms with Crippen molar-refractivity contribution in [3.63, 3.8) is 0 Å². The molecule has 2 heterocycles. The third-order valence-corrected chi connectivity index (χ3v) is 4.01. The molecule has 1 N–H and O–H groups in total. The standard InChI is InChI=1S/C14H16F2N2O2/c15-14(16)20-12-4-2-1-3-11(12)13(19)18-7-9-5-17-6-10(9)8-18/h1-4,9-10,14,17H,5-8H2. The second-order valence-corrected chi connectivity index (χ2v) is 5.26. The van der Waals surface area contributed by atoms with E-state index in [1.54, 1.807) is 17.0 Å². The molecule has 1 amide bonds. The topological polar surface area (TPSA) is 41.6 Å². The summed E-state index contributed by atoms with van der Waals surface area (Å²) in [5.41, 5.74) is 0.209. The number of alkyl halides is 2. The van der Waals surface area contributed by atoms with E-state index in [0.717, 1.165) is 13.1 Å². The van der Waals surface area contributed by atoms with Crippen LogP contribution in [0.15, 0.2) is 24.3 Å². The largest absolute Gasteiger partial charge is 0.434 e. The Bertz CT molecular complexity index is 498. The molecule has 0 aliphatic carbocycles. The fraction of sp³-hybridized carbons (Fsp3) is 0.500. The molecule has 1 aromatic carbocycles. The number of hydrogen-bond donors (Lipinski definition) is 1. The predicted octanol–water partition coefficient (Wildman–Crippen LogP) is 1.58. The van der Waals surface area contributed by atoms with Gasteiger partial charge in [-0.2, -0.15) is 8.78 Å². The van der Waals surface area contributed by atoms with Gasteiger partial charge in [0.1, 0.15) is 5.75 Å². The number of carbonyl (C=O) groups is 1. The van der Waals surface area contributed by atoms with Crippen molar-refractivity contribution in [1.29, 1.82) is 0 Å². The summed E-state index contributed by atoms with van der Waals surface area (Å²) in [6.45, 7) is 0.276. The second kappa shape index (κ2) is 5.36. The molecular formula is C14H16F2N2O2. The van der Waals surface area contributed by atoms with Gasteiger partial charge in [-0.15, -0.1) is 0 Å². The smallest absolute Gasteiger partial charge is 0.387 e. The van der Waals surface area contributed by atoms with E-state index in [1.807, 2.05) is 0 Å². The molecule has 0 aromatic heterocycles. The number of nitrogens with one attached hydrogen (secondary N) is 1. The molecule has 0 radical (unpaired) electrons. The number of hydrogen-bond acceptors (Lipinski definition) is 3. The lowest BCUT2D eigenvalue weighted by molar-refractivity contribution is -0.0502. The Kier molecular flexibility index (Phi) is 3.56. The van der Waals surface area contributed by atoms with Crippen LogP contribution in [0.5, 0.6) is 5.75 Å². The molecule has 20 heavy (non-hydrogen) atoms. The SMILES string of the molecule is O=C(c1ccccc1OC(F)F)N1CC2CNCC2C1. The quantitative estimate of drug-likeness (QED) is 0.915. The minimum absolute atomic E-state index is 0.0531. The number of likely N-dealkylation sites (tertiary alicyclic amines) is 1. The van der Waals surface area contributed by atoms with Gasteiger partial charge < -0.3 is 15.0 Å². The Labute approximate surface area is 115 Å². The van der Waals surface area contributed by atoms with Crippen molar-refractivity contribution in [3.8, 4) is 5.75 Å². The first-order valence-corrected chi connectivity index (χ1v) is 6.69. The number of amides is 1. The Hall–Kier alpha value is -1.69. The molecule has 2 atom stereocenters. The van der Waals surface area contributed by atoms with Gasteiger partial charge in [-0.25, -0.2) is 0 Å². The highest BCUT2D eigenvalue weighted by Crippen LogP contribution is 2.29. The van der Waals surface area contributed by atoms with Gasteiger partial charge in [-0.05, 0) is 24.0 Å². The van der Waals surface area contributed by atoms with Crippen LogP contribution in [0.4, 0.5) is 8.78 Å². The molecular weight excluding hydrogens is 266 g/mol. The van der Waals surface area contributed by atoms with Crippen LogP contribution in [0.2, 0.25) is 0 Å². The molecule has 2 aliphatic heterocycles. The predicted molar refractivity (Wildman–Crippen MR) is 68.8 cm³/mol. The van der Waals surface area contributed by atoms with Gasteiger partial charge >= 0.3 is 6.61 Å². The lowest BCUT2D eigenvalue weighted by atomic mass is 10.0. The lowest BCUT2D eigenvalue weighted by Crippen LogP contribution is -2.32. The number of fused-ring (bicyclic) bond motifs is 1. The maximum atomic E-state index is 12.5. The van der Waals surface area contributed by atoms with E-state index in [2.05, 4.69) is 10.1 Å². The van der Waals surface area contributed by atoms with Crippen molar-refractivity contribution in [2.75, 3.05) is 26.2 Å². The van der Waals surface area contributed by atoms with E-state index in [-0.39, 0.29) is 17.2 Å². The number of benzene rings is 1. The number of rotatable bonds is 3. The average Bonchev–Trinajstić information content (AvgIpc) is 2.98. The van der Waals surface area contributed by atoms with Crippen molar-refractivity contribution in [2.45, 2.75) is 6.61 Å². The fourth-order valence-electron chi connectivity index (χ4n) is 3.03. The van der Waals surface area contributed by atoms with Crippen LogP contribution in [-0.2, 0) is 0 Å². The summed E-state index contributed by atoms with van der Waals surface area (Å²) in [4.78, 5) is 14.2. The molecule has 4 nitrogen and oxygen atoms in total. The minimum atomic E-state index is -2.92. The summed E-state index contributed by atoms with van der Waals surface area (Å²) in [6.07, 6.45) is 0. The van der Waals surface area contributed by atoms with Crippen LogP contribution in [0.1, 0.15) is 10.4 Å². The molecule has 0 spiro atoms.